The van der Waals surface area contributed by atoms with E-state index in [-0.39, 0.29) is 5.41 Å². The van der Waals surface area contributed by atoms with Crippen molar-refractivity contribution in [3.05, 3.63) is 120 Å². The second kappa shape index (κ2) is 6.86. The molecule has 36 heavy (non-hydrogen) atoms. The molecule has 1 aliphatic carbocycles. The summed E-state index contributed by atoms with van der Waals surface area (Å²) in [6.45, 7) is 4.69. The molecule has 0 fully saturated rings. The molecule has 8 rings (SSSR count). The van der Waals surface area contributed by atoms with Gasteiger partial charge in [-0.25, -0.2) is 0 Å². The first kappa shape index (κ1) is 19.9. The average molecular weight is 461 g/mol. The summed E-state index contributed by atoms with van der Waals surface area (Å²) in [4.78, 5) is 0. The van der Waals surface area contributed by atoms with Crippen molar-refractivity contribution in [2.75, 3.05) is 0 Å². The summed E-state index contributed by atoms with van der Waals surface area (Å²) in [6.07, 6.45) is 0. The molecule has 0 spiro atoms. The first-order valence-electron chi connectivity index (χ1n) is 12.6. The lowest BCUT2D eigenvalue weighted by atomic mass is 9.81. The molecule has 0 atom stereocenters. The number of rotatable bonds is 1. The van der Waals surface area contributed by atoms with Crippen LogP contribution in [0.1, 0.15) is 25.0 Å². The Balaban J connectivity index is 1.47. The minimum Gasteiger partial charge on any atom is -0.455 e. The van der Waals surface area contributed by atoms with Crippen LogP contribution in [-0.4, -0.2) is 0 Å². The number of para-hydroxylation sites is 1. The fourth-order valence-corrected chi connectivity index (χ4v) is 6.48. The van der Waals surface area contributed by atoms with Gasteiger partial charge in [-0.3, -0.25) is 0 Å². The van der Waals surface area contributed by atoms with Crippen LogP contribution in [0.5, 0.6) is 0 Å². The maximum Gasteiger partial charge on any atom is 0.143 e. The van der Waals surface area contributed by atoms with Gasteiger partial charge in [0.15, 0.2) is 0 Å². The van der Waals surface area contributed by atoms with Crippen molar-refractivity contribution in [2.24, 2.45) is 0 Å². The summed E-state index contributed by atoms with van der Waals surface area (Å²) in [5.41, 5.74) is 9.90. The Kier molecular flexibility index (Phi) is 3.79. The summed E-state index contributed by atoms with van der Waals surface area (Å²) in [7, 11) is 0. The zero-order valence-electron chi connectivity index (χ0n) is 20.3. The molecule has 1 nitrogen and oxygen atoms in total. The monoisotopic (exact) mass is 460 g/mol. The predicted octanol–water partition coefficient (Wildman–Crippen LogP) is 9.87. The van der Waals surface area contributed by atoms with Gasteiger partial charge in [0.25, 0.3) is 0 Å². The van der Waals surface area contributed by atoms with E-state index >= 15 is 0 Å². The maximum absolute atomic E-state index is 6.51. The van der Waals surface area contributed by atoms with Gasteiger partial charge in [-0.05, 0) is 73.8 Å². The van der Waals surface area contributed by atoms with Crippen LogP contribution in [0, 0.1) is 0 Å². The summed E-state index contributed by atoms with van der Waals surface area (Å²) < 4.78 is 6.51. The number of fused-ring (bicyclic) bond motifs is 10. The van der Waals surface area contributed by atoms with E-state index in [4.69, 9.17) is 4.42 Å². The van der Waals surface area contributed by atoms with Crippen molar-refractivity contribution in [3.8, 4) is 22.3 Å². The van der Waals surface area contributed by atoms with Gasteiger partial charge in [0.05, 0.1) is 0 Å². The minimum atomic E-state index is -0.0272. The molecule has 0 saturated heterocycles. The van der Waals surface area contributed by atoms with E-state index in [0.29, 0.717) is 0 Å². The third-order valence-electron chi connectivity index (χ3n) is 8.26. The van der Waals surface area contributed by atoms with Crippen molar-refractivity contribution in [2.45, 2.75) is 19.3 Å². The first-order valence-corrected chi connectivity index (χ1v) is 12.6. The lowest BCUT2D eigenvalue weighted by Gasteiger charge is -2.22. The predicted molar refractivity (Wildman–Crippen MR) is 152 cm³/mol. The van der Waals surface area contributed by atoms with E-state index in [2.05, 4.69) is 117 Å². The molecule has 0 N–H and O–H groups in total. The van der Waals surface area contributed by atoms with Gasteiger partial charge in [0, 0.05) is 21.6 Å². The van der Waals surface area contributed by atoms with Gasteiger partial charge in [-0.15, -0.1) is 0 Å². The maximum atomic E-state index is 6.51. The standard InChI is InChI=1S/C35H24O/c1-35(2)30-13-7-5-11-24(30)25-16-15-22(20-31(25)35)29-19-21-9-3-4-10-23(21)33-27(29)17-18-28-26-12-6-8-14-32(26)36-34(28)33/h3-20H,1-2H3. The molecule has 0 radical (unpaired) electrons. The Bertz CT molecular complexity index is 2020. The summed E-state index contributed by atoms with van der Waals surface area (Å²) in [5.74, 6) is 0. The molecule has 170 valence electrons. The summed E-state index contributed by atoms with van der Waals surface area (Å²) in [6, 6.07) is 39.8. The fraction of sp³-hybridized carbons (Fsp3) is 0.0857. The molecule has 1 aromatic heterocycles. The molecule has 0 saturated carbocycles. The van der Waals surface area contributed by atoms with E-state index < -0.39 is 0 Å². The van der Waals surface area contributed by atoms with Crippen molar-refractivity contribution in [1.82, 2.24) is 0 Å². The van der Waals surface area contributed by atoms with Crippen molar-refractivity contribution < 1.29 is 4.42 Å². The van der Waals surface area contributed by atoms with Crippen LogP contribution in [0.25, 0.3) is 65.7 Å². The van der Waals surface area contributed by atoms with Crippen LogP contribution >= 0.6 is 0 Å². The van der Waals surface area contributed by atoms with Crippen LogP contribution in [-0.2, 0) is 5.41 Å². The zero-order valence-corrected chi connectivity index (χ0v) is 20.3. The second-order valence-corrected chi connectivity index (χ2v) is 10.5. The second-order valence-electron chi connectivity index (χ2n) is 10.5. The molecule has 1 heterocycles. The third kappa shape index (κ3) is 2.50. The highest BCUT2D eigenvalue weighted by atomic mass is 16.3. The van der Waals surface area contributed by atoms with Gasteiger partial charge in [0.1, 0.15) is 11.2 Å². The van der Waals surface area contributed by atoms with Crippen molar-refractivity contribution >= 4 is 43.5 Å². The van der Waals surface area contributed by atoms with E-state index in [1.165, 1.54) is 65.7 Å². The molecule has 7 aromatic rings. The molecule has 0 amide bonds. The number of furan rings is 1. The van der Waals surface area contributed by atoms with Crippen molar-refractivity contribution in [3.63, 3.8) is 0 Å². The fourth-order valence-electron chi connectivity index (χ4n) is 6.48. The molecular weight excluding hydrogens is 436 g/mol. The van der Waals surface area contributed by atoms with Gasteiger partial charge >= 0.3 is 0 Å². The van der Waals surface area contributed by atoms with E-state index in [0.717, 1.165) is 11.2 Å². The molecule has 0 unspecified atom stereocenters. The lowest BCUT2D eigenvalue weighted by Crippen LogP contribution is -2.14. The number of benzene rings is 6. The first-order chi connectivity index (χ1) is 17.6. The van der Waals surface area contributed by atoms with E-state index in [1.54, 1.807) is 0 Å². The van der Waals surface area contributed by atoms with Crippen LogP contribution in [0.2, 0.25) is 0 Å². The van der Waals surface area contributed by atoms with Crippen LogP contribution in [0.4, 0.5) is 0 Å². The van der Waals surface area contributed by atoms with E-state index in [1.807, 2.05) is 6.07 Å². The van der Waals surface area contributed by atoms with Gasteiger partial charge in [-0.2, -0.15) is 0 Å². The summed E-state index contributed by atoms with van der Waals surface area (Å²) in [5, 5.41) is 7.23. The van der Waals surface area contributed by atoms with Crippen LogP contribution in [0.3, 0.4) is 0 Å². The number of hydrogen-bond acceptors (Lipinski definition) is 1. The Labute approximate surface area is 209 Å². The van der Waals surface area contributed by atoms with Crippen molar-refractivity contribution in [1.29, 1.82) is 0 Å². The Morgan fingerprint density at radius 2 is 1.25 bits per heavy atom. The Morgan fingerprint density at radius 3 is 2.17 bits per heavy atom. The highest BCUT2D eigenvalue weighted by Gasteiger charge is 2.35. The van der Waals surface area contributed by atoms with Crippen LogP contribution < -0.4 is 0 Å². The zero-order chi connectivity index (χ0) is 24.0. The highest BCUT2D eigenvalue weighted by Crippen LogP contribution is 2.50. The molecule has 6 aromatic carbocycles. The normalized spacial score (nSPS) is 14.1. The molecule has 0 aliphatic heterocycles. The van der Waals surface area contributed by atoms with Crippen LogP contribution in [0.15, 0.2) is 114 Å². The van der Waals surface area contributed by atoms with Gasteiger partial charge < -0.3 is 4.42 Å². The Hall–Kier alpha value is -4.36. The summed E-state index contributed by atoms with van der Waals surface area (Å²) >= 11 is 0. The van der Waals surface area contributed by atoms with Gasteiger partial charge in [-0.1, -0.05) is 98.8 Å². The largest absolute Gasteiger partial charge is 0.455 e. The average Bonchev–Trinajstić information content (AvgIpc) is 3.41. The molecular formula is C35H24O. The number of hydrogen-bond donors (Lipinski definition) is 0. The lowest BCUT2D eigenvalue weighted by molar-refractivity contribution is 0.660. The van der Waals surface area contributed by atoms with Gasteiger partial charge in [0.2, 0.25) is 0 Å². The Morgan fingerprint density at radius 1 is 0.528 bits per heavy atom. The highest BCUT2D eigenvalue weighted by molar-refractivity contribution is 6.26. The quantitative estimate of drug-likeness (QED) is 0.222. The molecule has 0 bridgehead atoms. The molecule has 1 aliphatic rings. The van der Waals surface area contributed by atoms with E-state index in [9.17, 15) is 0 Å². The topological polar surface area (TPSA) is 13.1 Å². The smallest absolute Gasteiger partial charge is 0.143 e. The third-order valence-corrected chi connectivity index (χ3v) is 8.26. The molecule has 1 heteroatoms. The minimum absolute atomic E-state index is 0.0272. The SMILES string of the molecule is CC1(C)c2ccccc2-c2ccc(-c3cc4ccccc4c4c3ccc3c5ccccc5oc34)cc21.